The maximum Gasteiger partial charge on any atom is 0.304 e. The van der Waals surface area contributed by atoms with Crippen molar-refractivity contribution in [3.05, 3.63) is 21.1 Å². The third-order valence-corrected chi connectivity index (χ3v) is 6.11. The molecule has 3 unspecified atom stereocenters. The van der Waals surface area contributed by atoms with Gasteiger partial charge in [0.05, 0.1) is 11.0 Å². The van der Waals surface area contributed by atoms with Crippen LogP contribution < -0.4 is 4.90 Å². The van der Waals surface area contributed by atoms with Crippen LogP contribution in [0.4, 0.5) is 10.7 Å². The van der Waals surface area contributed by atoms with Crippen molar-refractivity contribution in [2.45, 2.75) is 44.4 Å². The smallest absolute Gasteiger partial charge is 0.304 e. The summed E-state index contributed by atoms with van der Waals surface area (Å²) in [5, 5.41) is 21.7. The summed E-state index contributed by atoms with van der Waals surface area (Å²) in [5.41, 5.74) is 0.135. The highest BCUT2D eigenvalue weighted by molar-refractivity contribution is 7.16. The Morgan fingerprint density at radius 1 is 1.43 bits per heavy atom. The average molecular weight is 311 g/mol. The van der Waals surface area contributed by atoms with Crippen molar-refractivity contribution in [1.29, 1.82) is 0 Å². The van der Waals surface area contributed by atoms with E-state index in [1.54, 1.807) is 6.92 Å². The van der Waals surface area contributed by atoms with Crippen molar-refractivity contribution in [2.24, 2.45) is 0 Å². The fraction of sp³-hybridized carbons (Fsp3) is 0.714. The second kappa shape index (κ2) is 5.55. The molecule has 3 heterocycles. The largest absolute Gasteiger partial charge is 0.388 e. The molecule has 21 heavy (non-hydrogen) atoms. The molecule has 0 radical (unpaired) electrons. The summed E-state index contributed by atoms with van der Waals surface area (Å²) in [6.07, 6.45) is 2.79. The third-order valence-electron chi connectivity index (χ3n) is 4.76. The Morgan fingerprint density at radius 3 is 2.81 bits per heavy atom. The number of aliphatic hydroxyl groups excluding tert-OH is 1. The fourth-order valence-electron chi connectivity index (χ4n) is 3.45. The standard InChI is InChI=1S/C14H21N3O3S/c1-9(18)13-7-12(17(19)20)14(21-13)16-6-5-10-3-4-11(8-16)15(10)2/h7,9-11,18H,3-6,8H2,1-2H3. The van der Waals surface area contributed by atoms with Gasteiger partial charge in [0.15, 0.2) is 5.00 Å². The third kappa shape index (κ3) is 2.65. The number of rotatable bonds is 3. The Bertz CT molecular complexity index is 546. The van der Waals surface area contributed by atoms with Crippen molar-refractivity contribution < 1.29 is 10.0 Å². The molecular formula is C14H21N3O3S. The summed E-state index contributed by atoms with van der Waals surface area (Å²) in [7, 11) is 2.16. The number of fused-ring (bicyclic) bond motifs is 2. The lowest BCUT2D eigenvalue weighted by atomic mass is 10.1. The van der Waals surface area contributed by atoms with Crippen LogP contribution in [-0.4, -0.2) is 47.2 Å². The molecule has 6 nitrogen and oxygen atoms in total. The molecule has 2 fully saturated rings. The molecule has 0 spiro atoms. The Hall–Kier alpha value is -1.18. The van der Waals surface area contributed by atoms with Gasteiger partial charge >= 0.3 is 5.69 Å². The minimum atomic E-state index is -0.659. The molecule has 0 aromatic carbocycles. The van der Waals surface area contributed by atoms with Crippen LogP contribution in [0, 0.1) is 10.1 Å². The number of hydrogen-bond acceptors (Lipinski definition) is 6. The predicted molar refractivity (Wildman–Crippen MR) is 83.0 cm³/mol. The van der Waals surface area contributed by atoms with Crippen LogP contribution in [0.15, 0.2) is 6.07 Å². The first-order valence-corrected chi connectivity index (χ1v) is 8.22. The first-order valence-electron chi connectivity index (χ1n) is 7.40. The van der Waals surface area contributed by atoms with E-state index in [0.29, 0.717) is 22.0 Å². The molecule has 2 bridgehead atoms. The zero-order chi connectivity index (χ0) is 15.1. The second-order valence-corrected chi connectivity index (χ2v) is 7.12. The summed E-state index contributed by atoms with van der Waals surface area (Å²) in [6.45, 7) is 3.34. The van der Waals surface area contributed by atoms with Crippen molar-refractivity contribution in [1.82, 2.24) is 4.90 Å². The molecule has 1 aromatic heterocycles. The maximum absolute atomic E-state index is 11.3. The minimum absolute atomic E-state index is 0.135. The van der Waals surface area contributed by atoms with Gasteiger partial charge in [-0.05, 0) is 33.2 Å². The fourth-order valence-corrected chi connectivity index (χ4v) is 4.54. The number of anilines is 1. The van der Waals surface area contributed by atoms with E-state index in [0.717, 1.165) is 19.5 Å². The molecule has 2 saturated heterocycles. The zero-order valence-corrected chi connectivity index (χ0v) is 13.2. The molecular weight excluding hydrogens is 290 g/mol. The van der Waals surface area contributed by atoms with Crippen molar-refractivity contribution in [3.63, 3.8) is 0 Å². The topological polar surface area (TPSA) is 69.8 Å². The Morgan fingerprint density at radius 2 is 2.14 bits per heavy atom. The van der Waals surface area contributed by atoms with E-state index >= 15 is 0 Å². The first kappa shape index (κ1) is 14.7. The van der Waals surface area contributed by atoms with E-state index < -0.39 is 6.10 Å². The molecule has 0 aliphatic carbocycles. The van der Waals surface area contributed by atoms with E-state index in [9.17, 15) is 15.2 Å². The van der Waals surface area contributed by atoms with E-state index in [-0.39, 0.29) is 10.6 Å². The summed E-state index contributed by atoms with van der Waals surface area (Å²) >= 11 is 1.36. The molecule has 1 aromatic rings. The molecule has 0 amide bonds. The molecule has 116 valence electrons. The van der Waals surface area contributed by atoms with Crippen LogP contribution in [0.1, 0.15) is 37.2 Å². The molecule has 2 aliphatic rings. The highest BCUT2D eigenvalue weighted by Crippen LogP contribution is 2.42. The number of nitrogens with zero attached hydrogens (tertiary/aromatic N) is 3. The van der Waals surface area contributed by atoms with Gasteiger partial charge in [-0.1, -0.05) is 0 Å². The summed E-state index contributed by atoms with van der Waals surface area (Å²) in [6, 6.07) is 2.61. The first-order chi connectivity index (χ1) is 9.97. The zero-order valence-electron chi connectivity index (χ0n) is 12.4. The Labute approximate surface area is 128 Å². The highest BCUT2D eigenvalue weighted by Gasteiger charge is 2.37. The predicted octanol–water partition coefficient (Wildman–Crippen LogP) is 2.38. The molecule has 3 atom stereocenters. The normalized spacial score (nSPS) is 27.7. The van der Waals surface area contributed by atoms with Gasteiger partial charge in [-0.25, -0.2) is 0 Å². The van der Waals surface area contributed by atoms with Crippen LogP contribution in [-0.2, 0) is 0 Å². The number of hydrogen-bond donors (Lipinski definition) is 1. The summed E-state index contributed by atoms with van der Waals surface area (Å²) in [4.78, 5) is 16.2. The number of likely N-dealkylation sites (N-methyl/N-ethyl adjacent to an activating group) is 1. The molecule has 3 rings (SSSR count). The lowest BCUT2D eigenvalue weighted by molar-refractivity contribution is -0.383. The quantitative estimate of drug-likeness (QED) is 0.685. The van der Waals surface area contributed by atoms with Gasteiger partial charge < -0.3 is 10.0 Å². The van der Waals surface area contributed by atoms with Gasteiger partial charge in [0.2, 0.25) is 0 Å². The van der Waals surface area contributed by atoms with Crippen LogP contribution in [0.2, 0.25) is 0 Å². The van der Waals surface area contributed by atoms with Gasteiger partial charge in [0.25, 0.3) is 0 Å². The lowest BCUT2D eigenvalue weighted by Crippen LogP contribution is -2.36. The Balaban J connectivity index is 1.91. The van der Waals surface area contributed by atoms with E-state index in [4.69, 9.17) is 0 Å². The van der Waals surface area contributed by atoms with Crippen LogP contribution in [0.3, 0.4) is 0 Å². The van der Waals surface area contributed by atoms with E-state index in [2.05, 4.69) is 16.8 Å². The van der Waals surface area contributed by atoms with E-state index in [1.807, 2.05) is 0 Å². The molecule has 7 heteroatoms. The second-order valence-electron chi connectivity index (χ2n) is 6.06. The van der Waals surface area contributed by atoms with Crippen molar-refractivity contribution in [3.8, 4) is 0 Å². The van der Waals surface area contributed by atoms with Crippen molar-refractivity contribution >= 4 is 22.0 Å². The highest BCUT2D eigenvalue weighted by atomic mass is 32.1. The molecule has 1 N–H and O–H groups in total. The van der Waals surface area contributed by atoms with Gasteiger partial charge in [-0.2, -0.15) is 0 Å². The van der Waals surface area contributed by atoms with E-state index in [1.165, 1.54) is 30.2 Å². The molecule has 0 saturated carbocycles. The van der Waals surface area contributed by atoms with Crippen LogP contribution >= 0.6 is 11.3 Å². The van der Waals surface area contributed by atoms with Crippen LogP contribution in [0.5, 0.6) is 0 Å². The minimum Gasteiger partial charge on any atom is -0.388 e. The van der Waals surface area contributed by atoms with Gasteiger partial charge in [-0.15, -0.1) is 11.3 Å². The van der Waals surface area contributed by atoms with Gasteiger partial charge in [0.1, 0.15) is 0 Å². The number of aliphatic hydroxyl groups is 1. The Kier molecular flexibility index (Phi) is 3.90. The van der Waals surface area contributed by atoms with Crippen LogP contribution in [0.25, 0.3) is 0 Å². The van der Waals surface area contributed by atoms with Crippen molar-refractivity contribution in [2.75, 3.05) is 25.0 Å². The monoisotopic (exact) mass is 311 g/mol. The lowest BCUT2D eigenvalue weighted by Gasteiger charge is -2.25. The maximum atomic E-state index is 11.3. The SMILES string of the molecule is CC(O)c1cc([N+](=O)[O-])c(N2CCC3CCC(C2)N3C)s1. The summed E-state index contributed by atoms with van der Waals surface area (Å²) in [5.74, 6) is 0. The summed E-state index contributed by atoms with van der Waals surface area (Å²) < 4.78 is 0. The van der Waals surface area contributed by atoms with Gasteiger partial charge in [-0.3, -0.25) is 15.0 Å². The number of thiophene rings is 1. The average Bonchev–Trinajstić information content (AvgIpc) is 2.93. The molecule has 2 aliphatic heterocycles. The van der Waals surface area contributed by atoms with Gasteiger partial charge in [0, 0.05) is 36.1 Å². The number of nitro groups is 1.